The summed E-state index contributed by atoms with van der Waals surface area (Å²) in [5.41, 5.74) is 6.47. The van der Waals surface area contributed by atoms with Crippen LogP contribution in [0.4, 0.5) is 0 Å². The summed E-state index contributed by atoms with van der Waals surface area (Å²) >= 11 is 0. The summed E-state index contributed by atoms with van der Waals surface area (Å²) in [6, 6.07) is 37.3. The van der Waals surface area contributed by atoms with Crippen molar-refractivity contribution < 1.29 is 14.2 Å². The third kappa shape index (κ3) is 8.60. The Balaban J connectivity index is 1.19. The van der Waals surface area contributed by atoms with Crippen LogP contribution in [0.2, 0.25) is 0 Å². The van der Waals surface area contributed by atoms with Crippen LogP contribution >= 0.6 is 0 Å². The molecule has 1 fully saturated rings. The van der Waals surface area contributed by atoms with Crippen molar-refractivity contribution in [2.24, 2.45) is 0 Å². The summed E-state index contributed by atoms with van der Waals surface area (Å²) in [6.07, 6.45) is 11.2. The van der Waals surface area contributed by atoms with Crippen molar-refractivity contribution in [3.8, 4) is 11.5 Å². The molecule has 0 bridgehead atoms. The molecule has 4 heteroatoms. The summed E-state index contributed by atoms with van der Waals surface area (Å²) in [4.78, 5) is 2.47. The summed E-state index contributed by atoms with van der Waals surface area (Å²) in [5, 5.41) is 0. The van der Waals surface area contributed by atoms with E-state index >= 15 is 0 Å². The summed E-state index contributed by atoms with van der Waals surface area (Å²) in [7, 11) is 0. The number of hydrogen-bond acceptors (Lipinski definition) is 4. The van der Waals surface area contributed by atoms with Crippen LogP contribution in [0, 0.1) is 0 Å². The minimum absolute atomic E-state index is 0.0919. The lowest BCUT2D eigenvalue weighted by molar-refractivity contribution is -0.0497. The SMILES string of the molecule is CCCCCCCCCC(Oc1ccc(C2c3ccc(Cc4ccccc4)cc3OCC2c2ccccc2)cc1)N1CCOCC1. The maximum absolute atomic E-state index is 6.74. The molecule has 2 aliphatic rings. The minimum Gasteiger partial charge on any atom is -0.493 e. The highest BCUT2D eigenvalue weighted by molar-refractivity contribution is 5.50. The Morgan fingerprint density at radius 1 is 0.717 bits per heavy atom. The van der Waals surface area contributed by atoms with Crippen LogP contribution in [-0.2, 0) is 11.2 Å². The molecule has 0 radical (unpaired) electrons. The Morgan fingerprint density at radius 2 is 1.41 bits per heavy atom. The summed E-state index contributed by atoms with van der Waals surface area (Å²) < 4.78 is 18.9. The predicted octanol–water partition coefficient (Wildman–Crippen LogP) is 9.76. The molecule has 3 atom stereocenters. The van der Waals surface area contributed by atoms with E-state index in [-0.39, 0.29) is 18.1 Å². The molecule has 0 amide bonds. The summed E-state index contributed by atoms with van der Waals surface area (Å²) in [5.74, 6) is 2.39. The molecular formula is C42H51NO3. The molecule has 3 unspecified atom stereocenters. The Labute approximate surface area is 276 Å². The van der Waals surface area contributed by atoms with Gasteiger partial charge < -0.3 is 14.2 Å². The number of morpholine rings is 1. The monoisotopic (exact) mass is 617 g/mol. The second kappa shape index (κ2) is 16.8. The van der Waals surface area contributed by atoms with Gasteiger partial charge in [-0.2, -0.15) is 0 Å². The normalized spacial score (nSPS) is 18.8. The lowest BCUT2D eigenvalue weighted by Gasteiger charge is -2.35. The Bertz CT molecular complexity index is 1450. The predicted molar refractivity (Wildman–Crippen MR) is 188 cm³/mol. The molecule has 0 aromatic heterocycles. The standard InChI is InChI=1S/C42H51NO3/c1-2-3-4-5-6-7-14-19-41(43-26-28-44-29-27-43)46-37-23-21-36(22-24-37)42-38-25-20-34(30-33-15-10-8-11-16-33)31-40(38)45-32-39(42)35-17-12-9-13-18-35/h8-13,15-18,20-25,31,39,41-42H,2-7,14,19,26-30,32H2,1H3. The zero-order valence-electron chi connectivity index (χ0n) is 27.6. The van der Waals surface area contributed by atoms with Gasteiger partial charge in [-0.25, -0.2) is 0 Å². The van der Waals surface area contributed by atoms with E-state index in [1.807, 2.05) is 0 Å². The average Bonchev–Trinajstić information content (AvgIpc) is 3.12. The van der Waals surface area contributed by atoms with Gasteiger partial charge in [-0.05, 0) is 59.7 Å². The van der Waals surface area contributed by atoms with E-state index in [2.05, 4.69) is 115 Å². The Kier molecular flexibility index (Phi) is 11.8. The number of hydrogen-bond donors (Lipinski definition) is 0. The van der Waals surface area contributed by atoms with E-state index < -0.39 is 0 Å². The highest BCUT2D eigenvalue weighted by Crippen LogP contribution is 2.46. The van der Waals surface area contributed by atoms with Gasteiger partial charge in [0.05, 0.1) is 19.8 Å². The first-order valence-electron chi connectivity index (χ1n) is 17.7. The van der Waals surface area contributed by atoms with Crippen LogP contribution in [0.15, 0.2) is 103 Å². The van der Waals surface area contributed by atoms with Crippen LogP contribution in [-0.4, -0.2) is 44.0 Å². The van der Waals surface area contributed by atoms with Crippen LogP contribution in [0.3, 0.4) is 0 Å². The number of fused-ring (bicyclic) bond motifs is 1. The molecule has 0 spiro atoms. The topological polar surface area (TPSA) is 30.9 Å². The highest BCUT2D eigenvalue weighted by Gasteiger charge is 2.33. The number of nitrogens with zero attached hydrogens (tertiary/aromatic N) is 1. The van der Waals surface area contributed by atoms with E-state index in [1.165, 1.54) is 72.8 Å². The van der Waals surface area contributed by atoms with Crippen molar-refractivity contribution >= 4 is 0 Å². The van der Waals surface area contributed by atoms with E-state index in [1.54, 1.807) is 0 Å². The molecule has 4 aromatic rings. The first-order valence-corrected chi connectivity index (χ1v) is 17.7. The highest BCUT2D eigenvalue weighted by atomic mass is 16.5. The van der Waals surface area contributed by atoms with Crippen molar-refractivity contribution in [2.75, 3.05) is 32.9 Å². The van der Waals surface area contributed by atoms with Gasteiger partial charge in [0.15, 0.2) is 6.23 Å². The Morgan fingerprint density at radius 3 is 2.15 bits per heavy atom. The molecule has 6 rings (SSSR count). The van der Waals surface area contributed by atoms with Gasteiger partial charge in [0.2, 0.25) is 0 Å². The molecule has 4 aromatic carbocycles. The second-order valence-corrected chi connectivity index (χ2v) is 13.0. The van der Waals surface area contributed by atoms with Crippen LogP contribution in [0.25, 0.3) is 0 Å². The molecule has 2 heterocycles. The lowest BCUT2D eigenvalue weighted by Crippen LogP contribution is -2.46. The maximum atomic E-state index is 6.74. The fraction of sp³-hybridized carbons (Fsp3) is 0.429. The Hall–Kier alpha value is -3.60. The summed E-state index contributed by atoms with van der Waals surface area (Å²) in [6.45, 7) is 6.38. The van der Waals surface area contributed by atoms with Crippen molar-refractivity contribution in [1.82, 2.24) is 4.90 Å². The van der Waals surface area contributed by atoms with Crippen molar-refractivity contribution in [1.29, 1.82) is 0 Å². The number of benzene rings is 4. The van der Waals surface area contributed by atoms with Gasteiger partial charge in [-0.1, -0.05) is 130 Å². The van der Waals surface area contributed by atoms with Gasteiger partial charge in [-0.15, -0.1) is 0 Å². The van der Waals surface area contributed by atoms with Crippen LogP contribution in [0.1, 0.15) is 97.9 Å². The van der Waals surface area contributed by atoms with E-state index in [0.717, 1.165) is 50.6 Å². The number of ether oxygens (including phenoxy) is 3. The van der Waals surface area contributed by atoms with Crippen molar-refractivity contribution in [3.63, 3.8) is 0 Å². The largest absolute Gasteiger partial charge is 0.493 e. The van der Waals surface area contributed by atoms with Crippen molar-refractivity contribution in [3.05, 3.63) is 131 Å². The number of rotatable bonds is 15. The third-order valence-electron chi connectivity index (χ3n) is 9.73. The molecule has 0 saturated carbocycles. The third-order valence-corrected chi connectivity index (χ3v) is 9.73. The fourth-order valence-corrected chi connectivity index (χ4v) is 7.16. The molecule has 2 aliphatic heterocycles. The molecule has 0 aliphatic carbocycles. The molecule has 4 nitrogen and oxygen atoms in total. The molecule has 242 valence electrons. The maximum Gasteiger partial charge on any atom is 0.152 e. The second-order valence-electron chi connectivity index (χ2n) is 13.0. The number of unbranched alkanes of at least 4 members (excludes halogenated alkanes) is 6. The van der Waals surface area contributed by atoms with Crippen LogP contribution in [0.5, 0.6) is 11.5 Å². The zero-order chi connectivity index (χ0) is 31.4. The molecule has 1 saturated heterocycles. The van der Waals surface area contributed by atoms with E-state index in [4.69, 9.17) is 14.2 Å². The van der Waals surface area contributed by atoms with Crippen molar-refractivity contribution in [2.45, 2.75) is 82.8 Å². The molecular weight excluding hydrogens is 566 g/mol. The quantitative estimate of drug-likeness (QED) is 0.124. The smallest absolute Gasteiger partial charge is 0.152 e. The van der Waals surface area contributed by atoms with E-state index in [0.29, 0.717) is 6.61 Å². The van der Waals surface area contributed by atoms with Gasteiger partial charge >= 0.3 is 0 Å². The first-order chi connectivity index (χ1) is 22.8. The van der Waals surface area contributed by atoms with Crippen LogP contribution < -0.4 is 9.47 Å². The van der Waals surface area contributed by atoms with Gasteiger partial charge in [0.25, 0.3) is 0 Å². The average molecular weight is 618 g/mol. The molecule has 46 heavy (non-hydrogen) atoms. The van der Waals surface area contributed by atoms with Gasteiger partial charge in [0.1, 0.15) is 11.5 Å². The fourth-order valence-electron chi connectivity index (χ4n) is 7.16. The van der Waals surface area contributed by atoms with Gasteiger partial charge in [-0.3, -0.25) is 4.90 Å². The lowest BCUT2D eigenvalue weighted by atomic mass is 9.75. The zero-order valence-corrected chi connectivity index (χ0v) is 27.6. The first kappa shape index (κ1) is 32.3. The minimum atomic E-state index is 0.0919. The van der Waals surface area contributed by atoms with Gasteiger partial charge in [0, 0.05) is 30.5 Å². The molecule has 0 N–H and O–H groups in total. The van der Waals surface area contributed by atoms with E-state index in [9.17, 15) is 0 Å².